The van der Waals surface area contributed by atoms with E-state index in [1.165, 1.54) is 0 Å². The fourth-order valence-corrected chi connectivity index (χ4v) is 2.82. The Morgan fingerprint density at radius 1 is 1.32 bits per heavy atom. The van der Waals surface area contributed by atoms with Gasteiger partial charge in [-0.25, -0.2) is 0 Å². The third-order valence-electron chi connectivity index (χ3n) is 3.93. The molecule has 2 fully saturated rings. The Morgan fingerprint density at radius 3 is 2.86 bits per heavy atom. The van der Waals surface area contributed by atoms with Crippen LogP contribution in [0, 0.1) is 5.92 Å². The van der Waals surface area contributed by atoms with Crippen LogP contribution in [0.5, 0.6) is 0 Å². The van der Waals surface area contributed by atoms with E-state index in [1.54, 1.807) is 24.3 Å². The van der Waals surface area contributed by atoms with Gasteiger partial charge in [0.1, 0.15) is 5.84 Å². The van der Waals surface area contributed by atoms with Gasteiger partial charge in [0.25, 0.3) is 0 Å². The number of amidine groups is 1. The molecule has 0 aromatic heterocycles. The highest BCUT2D eigenvalue weighted by Gasteiger charge is 2.39. The third kappa shape index (κ3) is 3.44. The average Bonchev–Trinajstić information content (AvgIpc) is 3.23. The summed E-state index contributed by atoms with van der Waals surface area (Å²) in [5.41, 5.74) is 6.61. The number of nitrogens with zero attached hydrogens (tertiary/aromatic N) is 4. The van der Waals surface area contributed by atoms with Crippen molar-refractivity contribution < 1.29 is 4.79 Å². The maximum Gasteiger partial charge on any atom is 0.226 e. The van der Waals surface area contributed by atoms with Gasteiger partial charge in [-0.1, -0.05) is 17.7 Å². The maximum atomic E-state index is 12.2. The zero-order chi connectivity index (χ0) is 15.5. The first-order valence-electron chi connectivity index (χ1n) is 7.45. The normalized spacial score (nSPS) is 22.5. The van der Waals surface area contributed by atoms with E-state index in [2.05, 4.69) is 15.4 Å². The molecule has 1 aliphatic carbocycles. The molecule has 1 aliphatic heterocycles. The summed E-state index contributed by atoms with van der Waals surface area (Å²) in [7, 11) is 0. The zero-order valence-corrected chi connectivity index (χ0v) is 12.9. The molecular weight excluding hydrogens is 302 g/mol. The lowest BCUT2D eigenvalue weighted by molar-refractivity contribution is -0.132. The number of nitrogens with two attached hydrogens (primary N) is 1. The second-order valence-corrected chi connectivity index (χ2v) is 6.09. The van der Waals surface area contributed by atoms with Crippen LogP contribution in [0.1, 0.15) is 25.7 Å². The largest absolute Gasteiger partial charge is 0.384 e. The quantitative estimate of drug-likeness (QED) is 0.400. The number of benzene rings is 1. The first-order chi connectivity index (χ1) is 10.6. The minimum Gasteiger partial charge on any atom is -0.384 e. The first-order valence-corrected chi connectivity index (χ1v) is 7.83. The van der Waals surface area contributed by atoms with E-state index in [-0.39, 0.29) is 17.9 Å². The van der Waals surface area contributed by atoms with Crippen molar-refractivity contribution in [3.63, 3.8) is 0 Å². The standard InChI is InChI=1S/C15H18ClN5O/c16-11-3-1-4-12(9-11)18-20-19-14(17)13-5-2-8-21(13)15(22)10-6-7-10/h1,3-4,9-10,13H,2,5-8H2,(H2,17,18,19). The summed E-state index contributed by atoms with van der Waals surface area (Å²) in [6.07, 6.45) is 3.77. The molecule has 1 unspecified atom stereocenters. The maximum absolute atomic E-state index is 12.2. The SMILES string of the molecule is NC(=NN=Nc1cccc(Cl)c1)C1CCCN1C(=O)C1CC1. The van der Waals surface area contributed by atoms with Gasteiger partial charge in [-0.2, -0.15) is 0 Å². The number of rotatable bonds is 4. The molecule has 22 heavy (non-hydrogen) atoms. The molecule has 1 aromatic rings. The van der Waals surface area contributed by atoms with E-state index in [4.69, 9.17) is 17.3 Å². The Kier molecular flexibility index (Phi) is 4.38. The molecule has 1 amide bonds. The number of hydrogen-bond donors (Lipinski definition) is 1. The Balaban J connectivity index is 1.66. The van der Waals surface area contributed by atoms with Crippen molar-refractivity contribution in [2.45, 2.75) is 31.7 Å². The van der Waals surface area contributed by atoms with Gasteiger partial charge in [0, 0.05) is 17.5 Å². The molecule has 1 aromatic carbocycles. The molecule has 6 nitrogen and oxygen atoms in total. The topological polar surface area (TPSA) is 83.4 Å². The predicted octanol–water partition coefficient (Wildman–Crippen LogP) is 3.10. The lowest BCUT2D eigenvalue weighted by Crippen LogP contribution is -2.44. The van der Waals surface area contributed by atoms with Gasteiger partial charge in [-0.15, -0.1) is 10.2 Å². The molecule has 1 heterocycles. The van der Waals surface area contributed by atoms with E-state index in [9.17, 15) is 4.79 Å². The van der Waals surface area contributed by atoms with Gasteiger partial charge in [0.05, 0.1) is 11.7 Å². The number of amides is 1. The van der Waals surface area contributed by atoms with Crippen molar-refractivity contribution in [1.82, 2.24) is 4.90 Å². The average molecular weight is 320 g/mol. The third-order valence-corrected chi connectivity index (χ3v) is 4.17. The molecule has 3 rings (SSSR count). The number of likely N-dealkylation sites (tertiary alicyclic amines) is 1. The molecule has 116 valence electrons. The molecule has 0 radical (unpaired) electrons. The van der Waals surface area contributed by atoms with Crippen LogP contribution in [0.15, 0.2) is 39.7 Å². The monoisotopic (exact) mass is 319 g/mol. The number of halogens is 1. The summed E-state index contributed by atoms with van der Waals surface area (Å²) in [6, 6.07) is 6.87. The van der Waals surface area contributed by atoms with Crippen LogP contribution in [0.2, 0.25) is 5.02 Å². The van der Waals surface area contributed by atoms with Crippen LogP contribution >= 0.6 is 11.6 Å². The molecule has 1 saturated heterocycles. The molecule has 0 bridgehead atoms. The summed E-state index contributed by atoms with van der Waals surface area (Å²) in [5, 5.41) is 12.3. The van der Waals surface area contributed by atoms with Crippen molar-refractivity contribution >= 4 is 29.0 Å². The Morgan fingerprint density at radius 2 is 2.14 bits per heavy atom. The Hall–Kier alpha value is -1.95. The second-order valence-electron chi connectivity index (χ2n) is 5.66. The number of hydrogen-bond acceptors (Lipinski definition) is 3. The molecule has 2 N–H and O–H groups in total. The lowest BCUT2D eigenvalue weighted by Gasteiger charge is -2.23. The minimum absolute atomic E-state index is 0.147. The van der Waals surface area contributed by atoms with Crippen LogP contribution in [-0.4, -0.2) is 29.2 Å². The summed E-state index contributed by atoms with van der Waals surface area (Å²) in [4.78, 5) is 14.0. The summed E-state index contributed by atoms with van der Waals surface area (Å²) in [6.45, 7) is 0.752. The van der Waals surface area contributed by atoms with Crippen molar-refractivity contribution in [3.8, 4) is 0 Å². The first kappa shape index (κ1) is 15.0. The highest BCUT2D eigenvalue weighted by atomic mass is 35.5. The number of carbonyl (C=O) groups excluding carboxylic acids is 1. The molecule has 1 atom stereocenters. The van der Waals surface area contributed by atoms with Crippen molar-refractivity contribution in [3.05, 3.63) is 29.3 Å². The van der Waals surface area contributed by atoms with Crippen LogP contribution < -0.4 is 5.73 Å². The zero-order valence-electron chi connectivity index (χ0n) is 12.2. The summed E-state index contributed by atoms with van der Waals surface area (Å²) < 4.78 is 0. The molecule has 2 aliphatic rings. The van der Waals surface area contributed by atoms with Crippen molar-refractivity contribution in [2.24, 2.45) is 27.1 Å². The van der Waals surface area contributed by atoms with Gasteiger partial charge in [-0.3, -0.25) is 4.79 Å². The highest BCUT2D eigenvalue weighted by Crippen LogP contribution is 2.33. The van der Waals surface area contributed by atoms with E-state index in [0.717, 1.165) is 32.2 Å². The van der Waals surface area contributed by atoms with Crippen LogP contribution in [-0.2, 0) is 4.79 Å². The van der Waals surface area contributed by atoms with E-state index < -0.39 is 0 Å². The van der Waals surface area contributed by atoms with Crippen LogP contribution in [0.3, 0.4) is 0 Å². The molecular formula is C15H18ClN5O. The summed E-state index contributed by atoms with van der Waals surface area (Å²) in [5.74, 6) is 0.742. The Labute approximate surface area is 134 Å². The van der Waals surface area contributed by atoms with Crippen LogP contribution in [0.4, 0.5) is 5.69 Å². The van der Waals surface area contributed by atoms with Crippen molar-refractivity contribution in [1.29, 1.82) is 0 Å². The summed E-state index contributed by atoms with van der Waals surface area (Å²) >= 11 is 5.87. The smallest absolute Gasteiger partial charge is 0.226 e. The molecule has 0 spiro atoms. The predicted molar refractivity (Wildman–Crippen MR) is 85.0 cm³/mol. The van der Waals surface area contributed by atoms with Gasteiger partial charge in [0.15, 0.2) is 0 Å². The number of carbonyl (C=O) groups is 1. The van der Waals surface area contributed by atoms with Crippen LogP contribution in [0.25, 0.3) is 0 Å². The highest BCUT2D eigenvalue weighted by molar-refractivity contribution is 6.30. The fourth-order valence-electron chi connectivity index (χ4n) is 2.63. The van der Waals surface area contributed by atoms with Gasteiger partial charge in [0.2, 0.25) is 5.91 Å². The van der Waals surface area contributed by atoms with E-state index in [1.807, 2.05) is 4.90 Å². The van der Waals surface area contributed by atoms with E-state index in [0.29, 0.717) is 16.5 Å². The minimum atomic E-state index is -0.147. The van der Waals surface area contributed by atoms with Gasteiger partial charge < -0.3 is 10.6 Å². The second kappa shape index (κ2) is 6.44. The molecule has 7 heteroatoms. The Bertz CT molecular complexity index is 626. The fraction of sp³-hybridized carbons (Fsp3) is 0.467. The van der Waals surface area contributed by atoms with E-state index >= 15 is 0 Å². The van der Waals surface area contributed by atoms with Crippen molar-refractivity contribution in [2.75, 3.05) is 6.54 Å². The van der Waals surface area contributed by atoms with Gasteiger partial charge >= 0.3 is 0 Å². The molecule has 1 saturated carbocycles. The lowest BCUT2D eigenvalue weighted by atomic mass is 10.2. The van der Waals surface area contributed by atoms with Gasteiger partial charge in [-0.05, 0) is 49.1 Å².